The van der Waals surface area contributed by atoms with Crippen LogP contribution in [0.15, 0.2) is 92.9 Å². The topological polar surface area (TPSA) is 106 Å². The molecule has 3 heterocycles. The lowest BCUT2D eigenvalue weighted by atomic mass is 10.1. The third-order valence-corrected chi connectivity index (χ3v) is 9.32. The zero-order chi connectivity index (χ0) is 29.9. The monoisotopic (exact) mass is 610 g/mol. The summed E-state index contributed by atoms with van der Waals surface area (Å²) in [5, 5.41) is 0.429. The Hall–Kier alpha value is -3.70. The summed E-state index contributed by atoms with van der Waals surface area (Å²) in [6.45, 7) is 2.72. The van der Waals surface area contributed by atoms with E-state index in [1.165, 1.54) is 46.7 Å². The number of sulfonamides is 1. The van der Waals surface area contributed by atoms with Gasteiger partial charge >= 0.3 is 5.97 Å². The van der Waals surface area contributed by atoms with Gasteiger partial charge in [-0.3, -0.25) is 4.79 Å². The Morgan fingerprint density at radius 3 is 2.50 bits per heavy atom. The maximum Gasteiger partial charge on any atom is 0.340 e. The molecule has 5 rings (SSSR count). The van der Waals surface area contributed by atoms with Crippen molar-refractivity contribution in [1.29, 1.82) is 0 Å². The second-order valence-corrected chi connectivity index (χ2v) is 12.5. The number of benzene rings is 2. The lowest BCUT2D eigenvalue weighted by Gasteiger charge is -2.21. The number of ether oxygens (including phenoxy) is 2. The number of hydrogen-bond donors (Lipinski definition) is 0. The van der Waals surface area contributed by atoms with Crippen molar-refractivity contribution in [2.75, 3.05) is 20.3 Å². The Kier molecular flexibility index (Phi) is 8.98. The van der Waals surface area contributed by atoms with Gasteiger partial charge in [-0.2, -0.15) is 4.31 Å². The van der Waals surface area contributed by atoms with Gasteiger partial charge in [-0.1, -0.05) is 41.9 Å². The van der Waals surface area contributed by atoms with E-state index in [1.807, 2.05) is 30.3 Å². The fraction of sp³-hybridized carbons (Fsp3) is 0.290. The van der Waals surface area contributed by atoms with Crippen LogP contribution >= 0.6 is 11.6 Å². The molecule has 1 fully saturated rings. The molecular formula is C31H31ClN2O7S. The number of rotatable bonds is 10. The molecule has 0 spiro atoms. The van der Waals surface area contributed by atoms with Crippen LogP contribution in [0.3, 0.4) is 0 Å². The molecule has 0 aliphatic carbocycles. The van der Waals surface area contributed by atoms with Crippen LogP contribution < -0.4 is 0 Å². The molecule has 9 nitrogen and oxygen atoms in total. The van der Waals surface area contributed by atoms with E-state index in [0.717, 1.165) is 18.4 Å². The van der Waals surface area contributed by atoms with Gasteiger partial charge in [-0.05, 0) is 67.8 Å². The number of amides is 1. The van der Waals surface area contributed by atoms with Gasteiger partial charge in [-0.25, -0.2) is 13.2 Å². The minimum Gasteiger partial charge on any atom is -0.465 e. The lowest BCUT2D eigenvalue weighted by molar-refractivity contribution is -0.136. The van der Waals surface area contributed by atoms with Crippen molar-refractivity contribution in [3.63, 3.8) is 0 Å². The van der Waals surface area contributed by atoms with Crippen molar-refractivity contribution in [1.82, 2.24) is 9.21 Å². The molecule has 0 N–H and O–H groups in total. The Morgan fingerprint density at radius 1 is 1.10 bits per heavy atom. The maximum atomic E-state index is 13.7. The smallest absolute Gasteiger partial charge is 0.340 e. The highest BCUT2D eigenvalue weighted by molar-refractivity contribution is 7.89. The summed E-state index contributed by atoms with van der Waals surface area (Å²) in [7, 11) is -2.66. The third-order valence-electron chi connectivity index (χ3n) is 7.27. The van der Waals surface area contributed by atoms with Crippen LogP contribution in [0.2, 0.25) is 5.02 Å². The van der Waals surface area contributed by atoms with Crippen LogP contribution in [0.4, 0.5) is 0 Å². The first-order chi connectivity index (χ1) is 20.2. The molecule has 2 aromatic carbocycles. The summed E-state index contributed by atoms with van der Waals surface area (Å²) < 4.78 is 45.3. The standard InChI is InChI=1S/C31H31ClN2O7S/c1-21-29(31(36)39-2)28(30(35)34(21)20-25-9-6-16-40-25)17-24-12-13-26(41-24)19-33(18-22-7-4-3-5-8-22)42(37,38)27-14-10-23(32)11-15-27/h3-5,7-8,10-15,17,25H,6,9,16,18-20H2,1-2H3/b28-17+/t25-/m0/s1. The summed E-state index contributed by atoms with van der Waals surface area (Å²) in [4.78, 5) is 27.8. The molecule has 0 bridgehead atoms. The van der Waals surface area contributed by atoms with E-state index in [0.29, 0.717) is 35.4 Å². The zero-order valence-electron chi connectivity index (χ0n) is 23.3. The van der Waals surface area contributed by atoms with Crippen LogP contribution in [-0.2, 0) is 42.2 Å². The number of carbonyl (C=O) groups is 2. The minimum atomic E-state index is -3.93. The van der Waals surface area contributed by atoms with Crippen LogP contribution in [-0.4, -0.2) is 55.9 Å². The second kappa shape index (κ2) is 12.7. The van der Waals surface area contributed by atoms with Crippen molar-refractivity contribution in [3.8, 4) is 0 Å². The fourth-order valence-corrected chi connectivity index (χ4v) is 6.60. The first kappa shape index (κ1) is 29.8. The van der Waals surface area contributed by atoms with E-state index >= 15 is 0 Å². The van der Waals surface area contributed by atoms with E-state index < -0.39 is 16.0 Å². The van der Waals surface area contributed by atoms with E-state index in [4.69, 9.17) is 25.5 Å². The summed E-state index contributed by atoms with van der Waals surface area (Å²) in [6, 6.07) is 18.5. The maximum absolute atomic E-state index is 13.7. The molecule has 0 radical (unpaired) electrons. The third kappa shape index (κ3) is 6.37. The molecular weight excluding hydrogens is 580 g/mol. The quantitative estimate of drug-likeness (QED) is 0.230. The SMILES string of the molecule is COC(=O)C1=C(C)N(C[C@@H]2CCCO2)C(=O)/C1=C/c1ccc(CN(Cc2ccccc2)S(=O)(=O)c2ccc(Cl)cc2)o1. The molecule has 0 saturated carbocycles. The highest BCUT2D eigenvalue weighted by Crippen LogP contribution is 2.33. The predicted octanol–water partition coefficient (Wildman–Crippen LogP) is 5.18. The number of hydrogen-bond acceptors (Lipinski definition) is 7. The summed E-state index contributed by atoms with van der Waals surface area (Å²) >= 11 is 5.99. The molecule has 2 aliphatic rings. The number of carbonyl (C=O) groups excluding carboxylic acids is 2. The lowest BCUT2D eigenvalue weighted by Crippen LogP contribution is -2.33. The van der Waals surface area contributed by atoms with E-state index in [2.05, 4.69) is 0 Å². The van der Waals surface area contributed by atoms with Crippen LogP contribution in [0.25, 0.3) is 6.08 Å². The van der Waals surface area contributed by atoms with E-state index in [9.17, 15) is 18.0 Å². The molecule has 11 heteroatoms. The first-order valence-corrected chi connectivity index (χ1v) is 15.3. The number of halogens is 1. The average Bonchev–Trinajstić information content (AvgIpc) is 3.71. The van der Waals surface area contributed by atoms with Gasteiger partial charge in [0.25, 0.3) is 5.91 Å². The van der Waals surface area contributed by atoms with E-state index in [1.54, 1.807) is 19.1 Å². The largest absolute Gasteiger partial charge is 0.465 e. The normalized spacial score (nSPS) is 18.5. The highest BCUT2D eigenvalue weighted by atomic mass is 35.5. The Morgan fingerprint density at radius 2 is 1.83 bits per heavy atom. The Balaban J connectivity index is 1.43. The van der Waals surface area contributed by atoms with Gasteiger partial charge in [-0.15, -0.1) is 0 Å². The van der Waals surface area contributed by atoms with Crippen LogP contribution in [0.5, 0.6) is 0 Å². The predicted molar refractivity (Wildman–Crippen MR) is 156 cm³/mol. The molecule has 1 amide bonds. The zero-order valence-corrected chi connectivity index (χ0v) is 24.9. The summed E-state index contributed by atoms with van der Waals surface area (Å²) in [5.41, 5.74) is 1.60. The first-order valence-electron chi connectivity index (χ1n) is 13.5. The highest BCUT2D eigenvalue weighted by Gasteiger charge is 2.38. The van der Waals surface area contributed by atoms with Crippen molar-refractivity contribution < 1.29 is 31.9 Å². The summed E-state index contributed by atoms with van der Waals surface area (Å²) in [6.07, 6.45) is 3.15. The van der Waals surface area contributed by atoms with Gasteiger partial charge in [0.1, 0.15) is 11.5 Å². The molecule has 1 atom stereocenters. The number of esters is 1. The average molecular weight is 611 g/mol. The van der Waals surface area contributed by atoms with Gasteiger partial charge in [0, 0.05) is 23.9 Å². The number of nitrogens with zero attached hydrogens (tertiary/aromatic N) is 2. The minimum absolute atomic E-state index is 0.0686. The number of allylic oxidation sites excluding steroid dienone is 1. The molecule has 220 valence electrons. The molecule has 42 heavy (non-hydrogen) atoms. The van der Waals surface area contributed by atoms with Crippen LogP contribution in [0.1, 0.15) is 36.8 Å². The van der Waals surface area contributed by atoms with Crippen molar-refractivity contribution >= 4 is 39.6 Å². The Labute approximate surface area is 250 Å². The molecule has 1 aromatic heterocycles. The Bertz CT molecular complexity index is 1620. The van der Waals surface area contributed by atoms with Gasteiger partial charge < -0.3 is 18.8 Å². The van der Waals surface area contributed by atoms with Crippen LogP contribution in [0, 0.1) is 0 Å². The second-order valence-electron chi connectivity index (χ2n) is 10.1. The fourth-order valence-electron chi connectivity index (χ4n) is 5.08. The molecule has 0 unspecified atom stereocenters. The van der Waals surface area contributed by atoms with Gasteiger partial charge in [0.2, 0.25) is 10.0 Å². The van der Waals surface area contributed by atoms with Gasteiger partial charge in [0.15, 0.2) is 0 Å². The molecule has 3 aromatic rings. The molecule has 2 aliphatic heterocycles. The van der Waals surface area contributed by atoms with Crippen molar-refractivity contribution in [2.24, 2.45) is 0 Å². The van der Waals surface area contributed by atoms with Gasteiger partial charge in [0.05, 0.1) is 42.3 Å². The number of furan rings is 1. The van der Waals surface area contributed by atoms with Crippen molar-refractivity contribution in [2.45, 2.75) is 43.9 Å². The molecule has 1 saturated heterocycles. The van der Waals surface area contributed by atoms with Crippen molar-refractivity contribution in [3.05, 3.63) is 106 Å². The number of methoxy groups -OCH3 is 1. The summed E-state index contributed by atoms with van der Waals surface area (Å²) in [5.74, 6) is -0.323. The van der Waals surface area contributed by atoms with E-state index in [-0.39, 0.29) is 41.1 Å².